The van der Waals surface area contributed by atoms with Crippen LogP contribution in [0.3, 0.4) is 0 Å². The lowest BCUT2D eigenvalue weighted by Crippen LogP contribution is -2.41. The average molecular weight is 247 g/mol. The molecule has 2 N–H and O–H groups in total. The fourth-order valence-corrected chi connectivity index (χ4v) is 2.80. The number of unbranched alkanes of at least 4 members (excludes halogenated alkanes) is 3. The molecule has 0 aliphatic carbocycles. The zero-order chi connectivity index (χ0) is 12.8. The maximum absolute atomic E-state index is 6.03. The Kier molecular flexibility index (Phi) is 4.65. The maximum Gasteiger partial charge on any atom is 0.122 e. The van der Waals surface area contributed by atoms with Gasteiger partial charge in [0.05, 0.1) is 6.61 Å². The van der Waals surface area contributed by atoms with Gasteiger partial charge in [0.15, 0.2) is 0 Å². The molecule has 2 nitrogen and oxygen atoms in total. The van der Waals surface area contributed by atoms with Gasteiger partial charge in [0, 0.05) is 12.0 Å². The van der Waals surface area contributed by atoms with Crippen molar-refractivity contribution in [2.75, 3.05) is 13.2 Å². The second-order valence-corrected chi connectivity index (χ2v) is 5.59. The topological polar surface area (TPSA) is 35.2 Å². The second-order valence-electron chi connectivity index (χ2n) is 5.59. The molecule has 0 saturated heterocycles. The summed E-state index contributed by atoms with van der Waals surface area (Å²) in [5, 5.41) is 0. The van der Waals surface area contributed by atoms with E-state index in [2.05, 4.69) is 25.1 Å². The number of ether oxygens (including phenoxy) is 1. The van der Waals surface area contributed by atoms with Crippen LogP contribution in [0.5, 0.6) is 5.75 Å². The van der Waals surface area contributed by atoms with E-state index in [4.69, 9.17) is 10.5 Å². The zero-order valence-corrected chi connectivity index (χ0v) is 11.5. The van der Waals surface area contributed by atoms with Crippen molar-refractivity contribution >= 4 is 0 Å². The Hall–Kier alpha value is -1.02. The highest BCUT2D eigenvalue weighted by Gasteiger charge is 2.33. The summed E-state index contributed by atoms with van der Waals surface area (Å²) in [5.74, 6) is 1.05. The lowest BCUT2D eigenvalue weighted by molar-refractivity contribution is 0.114. The van der Waals surface area contributed by atoms with E-state index in [0.29, 0.717) is 0 Å². The summed E-state index contributed by atoms with van der Waals surface area (Å²) in [7, 11) is 0. The molecule has 1 aliphatic rings. The summed E-state index contributed by atoms with van der Waals surface area (Å²) in [6, 6.07) is 8.36. The van der Waals surface area contributed by atoms with E-state index in [1.165, 1.54) is 37.7 Å². The lowest BCUT2D eigenvalue weighted by Gasteiger charge is -2.37. The average Bonchev–Trinajstić information content (AvgIpc) is 2.43. The number of hydrogen-bond donors (Lipinski definition) is 1. The van der Waals surface area contributed by atoms with Gasteiger partial charge in [0.1, 0.15) is 5.75 Å². The van der Waals surface area contributed by atoms with Gasteiger partial charge in [-0.05, 0) is 24.5 Å². The van der Waals surface area contributed by atoms with Gasteiger partial charge in [0.2, 0.25) is 0 Å². The molecular formula is C16H25NO. The van der Waals surface area contributed by atoms with Crippen LogP contribution in [0.15, 0.2) is 24.3 Å². The van der Waals surface area contributed by atoms with Crippen LogP contribution in [0, 0.1) is 5.41 Å². The molecule has 0 spiro atoms. The first-order valence-corrected chi connectivity index (χ1v) is 7.20. The Labute approximate surface area is 111 Å². The Morgan fingerprint density at radius 2 is 2.06 bits per heavy atom. The fraction of sp³-hybridized carbons (Fsp3) is 0.625. The quantitative estimate of drug-likeness (QED) is 0.780. The summed E-state index contributed by atoms with van der Waals surface area (Å²) in [6.45, 7) is 3.76. The monoisotopic (exact) mass is 247 g/mol. The number of fused-ring (bicyclic) bond motifs is 1. The minimum absolute atomic E-state index is 0.169. The van der Waals surface area contributed by atoms with Gasteiger partial charge in [-0.2, -0.15) is 0 Å². The fourth-order valence-electron chi connectivity index (χ4n) is 2.80. The molecule has 0 bridgehead atoms. The first-order valence-electron chi connectivity index (χ1n) is 7.20. The Morgan fingerprint density at radius 1 is 1.22 bits per heavy atom. The Balaban J connectivity index is 1.98. The molecule has 1 aromatic rings. The molecule has 0 radical (unpaired) electrons. The maximum atomic E-state index is 6.03. The predicted octanol–water partition coefficient (Wildman–Crippen LogP) is 3.54. The third-order valence-electron chi connectivity index (χ3n) is 4.07. The van der Waals surface area contributed by atoms with Crippen LogP contribution in [-0.4, -0.2) is 13.2 Å². The van der Waals surface area contributed by atoms with E-state index in [1.807, 2.05) is 6.07 Å². The molecule has 2 heteroatoms. The Morgan fingerprint density at radius 3 is 2.83 bits per heavy atom. The normalized spacial score (nSPS) is 22.3. The minimum Gasteiger partial charge on any atom is -0.493 e. The number of hydrogen-bond acceptors (Lipinski definition) is 2. The zero-order valence-electron chi connectivity index (χ0n) is 11.5. The van der Waals surface area contributed by atoms with Crippen LogP contribution in [0.1, 0.15) is 44.6 Å². The van der Waals surface area contributed by atoms with Gasteiger partial charge >= 0.3 is 0 Å². The van der Waals surface area contributed by atoms with Gasteiger partial charge in [-0.15, -0.1) is 0 Å². The van der Waals surface area contributed by atoms with Gasteiger partial charge in [-0.1, -0.05) is 50.8 Å². The van der Waals surface area contributed by atoms with Crippen molar-refractivity contribution in [3.63, 3.8) is 0 Å². The molecule has 100 valence electrons. The molecule has 2 rings (SSSR count). The van der Waals surface area contributed by atoms with Crippen molar-refractivity contribution in [1.29, 1.82) is 0 Å². The van der Waals surface area contributed by atoms with Crippen LogP contribution in [0.4, 0.5) is 0 Å². The van der Waals surface area contributed by atoms with E-state index in [1.54, 1.807) is 0 Å². The third kappa shape index (κ3) is 3.05. The largest absolute Gasteiger partial charge is 0.493 e. The molecule has 0 saturated carbocycles. The highest BCUT2D eigenvalue weighted by Crippen LogP contribution is 2.37. The first-order chi connectivity index (χ1) is 8.79. The third-order valence-corrected chi connectivity index (χ3v) is 4.07. The summed E-state index contributed by atoms with van der Waals surface area (Å²) in [4.78, 5) is 0. The van der Waals surface area contributed by atoms with Crippen molar-refractivity contribution in [2.24, 2.45) is 11.1 Å². The minimum atomic E-state index is 0.169. The molecule has 1 aliphatic heterocycles. The summed E-state index contributed by atoms with van der Waals surface area (Å²) >= 11 is 0. The van der Waals surface area contributed by atoms with Crippen molar-refractivity contribution < 1.29 is 4.74 Å². The number of nitrogens with two attached hydrogens (primary N) is 1. The summed E-state index contributed by atoms with van der Waals surface area (Å²) in [6.07, 6.45) is 7.48. The first kappa shape index (κ1) is 13.4. The smallest absolute Gasteiger partial charge is 0.122 e. The van der Waals surface area contributed by atoms with Crippen LogP contribution < -0.4 is 10.5 Å². The van der Waals surface area contributed by atoms with E-state index >= 15 is 0 Å². The van der Waals surface area contributed by atoms with E-state index < -0.39 is 0 Å². The summed E-state index contributed by atoms with van der Waals surface area (Å²) in [5.41, 5.74) is 7.52. The standard InChI is InChI=1S/C16H25NO/c1-2-3-4-7-10-16(12-17)11-14-8-5-6-9-15(14)18-13-16/h5-6,8-9H,2-4,7,10-13,17H2,1H3. The predicted molar refractivity (Wildman–Crippen MR) is 75.9 cm³/mol. The molecule has 1 aromatic carbocycles. The Bertz CT molecular complexity index is 377. The molecule has 1 atom stereocenters. The van der Waals surface area contributed by atoms with Gasteiger partial charge in [-0.3, -0.25) is 0 Å². The van der Waals surface area contributed by atoms with Crippen LogP contribution in [0.2, 0.25) is 0 Å². The van der Waals surface area contributed by atoms with Crippen molar-refractivity contribution in [3.8, 4) is 5.75 Å². The SMILES string of the molecule is CCCCCCC1(CN)COc2ccccc2C1. The van der Waals surface area contributed by atoms with E-state index in [-0.39, 0.29) is 5.41 Å². The van der Waals surface area contributed by atoms with Crippen LogP contribution >= 0.6 is 0 Å². The molecule has 0 aromatic heterocycles. The van der Waals surface area contributed by atoms with Crippen molar-refractivity contribution in [1.82, 2.24) is 0 Å². The lowest BCUT2D eigenvalue weighted by atomic mass is 9.76. The molecule has 0 fully saturated rings. The highest BCUT2D eigenvalue weighted by atomic mass is 16.5. The van der Waals surface area contributed by atoms with Crippen LogP contribution in [0.25, 0.3) is 0 Å². The number of rotatable bonds is 6. The van der Waals surface area contributed by atoms with Crippen molar-refractivity contribution in [3.05, 3.63) is 29.8 Å². The van der Waals surface area contributed by atoms with Crippen molar-refractivity contribution in [2.45, 2.75) is 45.4 Å². The number of para-hydroxylation sites is 1. The second kappa shape index (κ2) is 6.24. The van der Waals surface area contributed by atoms with E-state index in [9.17, 15) is 0 Å². The van der Waals surface area contributed by atoms with Gasteiger partial charge in [-0.25, -0.2) is 0 Å². The molecular weight excluding hydrogens is 222 g/mol. The van der Waals surface area contributed by atoms with Gasteiger partial charge < -0.3 is 10.5 Å². The number of benzene rings is 1. The van der Waals surface area contributed by atoms with Crippen LogP contribution in [-0.2, 0) is 6.42 Å². The molecule has 1 unspecified atom stereocenters. The highest BCUT2D eigenvalue weighted by molar-refractivity contribution is 5.36. The molecule has 0 amide bonds. The van der Waals surface area contributed by atoms with E-state index in [0.717, 1.165) is 25.3 Å². The summed E-state index contributed by atoms with van der Waals surface area (Å²) < 4.78 is 5.91. The molecule has 18 heavy (non-hydrogen) atoms. The van der Waals surface area contributed by atoms with Gasteiger partial charge in [0.25, 0.3) is 0 Å². The molecule has 1 heterocycles.